The molecule has 3 rings (SSSR count). The number of para-hydroxylation sites is 1. The standard InChI is InChI=1S/C15H19ClN4/c1-2-17-10-12-4-3-5-13(16)15(12)20-9-8-19-7-6-18-14(19)11-20/h3-7,17H,2,8-11H2,1H3. The Bertz CT molecular complexity index is 593. The molecule has 0 atom stereocenters. The Kier molecular flexibility index (Phi) is 3.94. The molecule has 0 saturated heterocycles. The zero-order chi connectivity index (χ0) is 13.9. The number of anilines is 1. The molecule has 20 heavy (non-hydrogen) atoms. The van der Waals surface area contributed by atoms with Gasteiger partial charge in [-0.2, -0.15) is 0 Å². The van der Waals surface area contributed by atoms with Crippen LogP contribution in [0.2, 0.25) is 5.02 Å². The summed E-state index contributed by atoms with van der Waals surface area (Å²) in [5.74, 6) is 1.10. The van der Waals surface area contributed by atoms with E-state index < -0.39 is 0 Å². The van der Waals surface area contributed by atoms with Crippen molar-refractivity contribution >= 4 is 17.3 Å². The molecule has 2 heterocycles. The molecule has 0 aliphatic carbocycles. The number of hydrogen-bond donors (Lipinski definition) is 1. The molecule has 0 saturated carbocycles. The van der Waals surface area contributed by atoms with Crippen LogP contribution in [0.4, 0.5) is 5.69 Å². The third-order valence-electron chi connectivity index (χ3n) is 3.70. The van der Waals surface area contributed by atoms with Gasteiger partial charge in [-0.15, -0.1) is 0 Å². The largest absolute Gasteiger partial charge is 0.361 e. The van der Waals surface area contributed by atoms with E-state index in [2.05, 4.69) is 32.8 Å². The fraction of sp³-hybridized carbons (Fsp3) is 0.400. The molecule has 5 heteroatoms. The predicted molar refractivity (Wildman–Crippen MR) is 82.1 cm³/mol. The van der Waals surface area contributed by atoms with Crippen molar-refractivity contribution in [2.45, 2.75) is 26.6 Å². The molecule has 0 fully saturated rings. The number of nitrogens with zero attached hydrogens (tertiary/aromatic N) is 3. The number of benzene rings is 1. The summed E-state index contributed by atoms with van der Waals surface area (Å²) < 4.78 is 2.21. The van der Waals surface area contributed by atoms with Crippen LogP contribution in [0.25, 0.3) is 0 Å². The van der Waals surface area contributed by atoms with Crippen LogP contribution in [0.15, 0.2) is 30.6 Å². The Balaban J connectivity index is 1.90. The quantitative estimate of drug-likeness (QED) is 0.940. The Morgan fingerprint density at radius 3 is 3.10 bits per heavy atom. The highest BCUT2D eigenvalue weighted by Gasteiger charge is 2.21. The predicted octanol–water partition coefficient (Wildman–Crippen LogP) is 2.67. The molecule has 0 radical (unpaired) electrons. The number of fused-ring (bicyclic) bond motifs is 1. The summed E-state index contributed by atoms with van der Waals surface area (Å²) in [5.41, 5.74) is 2.39. The molecule has 1 aliphatic rings. The molecule has 106 valence electrons. The zero-order valence-corrected chi connectivity index (χ0v) is 12.4. The van der Waals surface area contributed by atoms with Crippen LogP contribution in [0, 0.1) is 0 Å². The maximum atomic E-state index is 6.45. The van der Waals surface area contributed by atoms with Crippen molar-refractivity contribution in [2.24, 2.45) is 0 Å². The molecule has 0 spiro atoms. The minimum Gasteiger partial charge on any atom is -0.361 e. The number of nitrogens with one attached hydrogen (secondary N) is 1. The lowest BCUT2D eigenvalue weighted by molar-refractivity contribution is 0.558. The molecule has 1 aromatic heterocycles. The molecular formula is C15H19ClN4. The highest BCUT2D eigenvalue weighted by molar-refractivity contribution is 6.33. The second-order valence-electron chi connectivity index (χ2n) is 4.99. The van der Waals surface area contributed by atoms with Crippen molar-refractivity contribution in [1.29, 1.82) is 0 Å². The summed E-state index contributed by atoms with van der Waals surface area (Å²) in [6.45, 7) is 6.65. The van der Waals surface area contributed by atoms with Crippen molar-refractivity contribution in [3.05, 3.63) is 47.0 Å². The first-order valence-corrected chi connectivity index (χ1v) is 7.40. The van der Waals surface area contributed by atoms with Gasteiger partial charge in [0.05, 0.1) is 17.3 Å². The first-order valence-electron chi connectivity index (χ1n) is 7.02. The SMILES string of the molecule is CCNCc1cccc(Cl)c1N1CCn2ccnc2C1. The summed E-state index contributed by atoms with van der Waals surface area (Å²) in [6, 6.07) is 6.13. The van der Waals surface area contributed by atoms with Gasteiger partial charge >= 0.3 is 0 Å². The average molecular weight is 291 g/mol. The van der Waals surface area contributed by atoms with Crippen molar-refractivity contribution in [2.75, 3.05) is 18.0 Å². The van der Waals surface area contributed by atoms with Gasteiger partial charge < -0.3 is 14.8 Å². The lowest BCUT2D eigenvalue weighted by Crippen LogP contribution is -2.34. The average Bonchev–Trinajstić information content (AvgIpc) is 2.92. The van der Waals surface area contributed by atoms with E-state index in [0.717, 1.165) is 49.3 Å². The minimum absolute atomic E-state index is 0.815. The fourth-order valence-corrected chi connectivity index (χ4v) is 2.99. The first-order chi connectivity index (χ1) is 9.79. The Hall–Kier alpha value is -1.52. The molecule has 0 amide bonds. The first kappa shape index (κ1) is 13.5. The third-order valence-corrected chi connectivity index (χ3v) is 4.00. The van der Waals surface area contributed by atoms with E-state index in [-0.39, 0.29) is 0 Å². The molecular weight excluding hydrogens is 272 g/mol. The Morgan fingerprint density at radius 2 is 2.25 bits per heavy atom. The monoisotopic (exact) mass is 290 g/mol. The normalized spacial score (nSPS) is 14.4. The number of hydrogen-bond acceptors (Lipinski definition) is 3. The fourth-order valence-electron chi connectivity index (χ4n) is 2.68. The van der Waals surface area contributed by atoms with Crippen molar-refractivity contribution in [1.82, 2.24) is 14.9 Å². The van der Waals surface area contributed by atoms with E-state index >= 15 is 0 Å². The maximum absolute atomic E-state index is 6.45. The molecule has 1 aromatic carbocycles. The molecule has 1 aliphatic heterocycles. The summed E-state index contributed by atoms with van der Waals surface area (Å²) in [6.07, 6.45) is 3.91. The van der Waals surface area contributed by atoms with Gasteiger partial charge in [0, 0.05) is 32.0 Å². The molecule has 0 unspecified atom stereocenters. The van der Waals surface area contributed by atoms with Gasteiger partial charge in [0.2, 0.25) is 0 Å². The summed E-state index contributed by atoms with van der Waals surface area (Å²) in [4.78, 5) is 6.75. The van der Waals surface area contributed by atoms with E-state index in [9.17, 15) is 0 Å². The number of halogens is 1. The van der Waals surface area contributed by atoms with Crippen molar-refractivity contribution in [3.63, 3.8) is 0 Å². The third kappa shape index (κ3) is 2.53. The Labute approximate surface area is 124 Å². The number of imidazole rings is 1. The van der Waals surface area contributed by atoms with E-state index in [1.54, 1.807) is 0 Å². The second-order valence-corrected chi connectivity index (χ2v) is 5.39. The van der Waals surface area contributed by atoms with Gasteiger partial charge in [-0.1, -0.05) is 30.7 Å². The van der Waals surface area contributed by atoms with Gasteiger partial charge in [0.1, 0.15) is 5.82 Å². The van der Waals surface area contributed by atoms with Crippen LogP contribution in [0.5, 0.6) is 0 Å². The van der Waals surface area contributed by atoms with Gasteiger partial charge in [-0.3, -0.25) is 0 Å². The van der Waals surface area contributed by atoms with Crippen LogP contribution in [0.3, 0.4) is 0 Å². The maximum Gasteiger partial charge on any atom is 0.128 e. The van der Waals surface area contributed by atoms with E-state index in [4.69, 9.17) is 11.6 Å². The number of rotatable bonds is 4. The van der Waals surface area contributed by atoms with Crippen LogP contribution in [0.1, 0.15) is 18.3 Å². The molecule has 4 nitrogen and oxygen atoms in total. The zero-order valence-electron chi connectivity index (χ0n) is 11.6. The summed E-state index contributed by atoms with van der Waals surface area (Å²) in [5, 5.41) is 4.20. The molecule has 2 aromatic rings. The van der Waals surface area contributed by atoms with E-state index in [1.807, 2.05) is 24.5 Å². The lowest BCUT2D eigenvalue weighted by Gasteiger charge is -2.32. The van der Waals surface area contributed by atoms with Gasteiger partial charge in [-0.05, 0) is 18.2 Å². The van der Waals surface area contributed by atoms with Crippen LogP contribution in [-0.4, -0.2) is 22.6 Å². The van der Waals surface area contributed by atoms with Crippen molar-refractivity contribution < 1.29 is 0 Å². The summed E-state index contributed by atoms with van der Waals surface area (Å²) >= 11 is 6.45. The van der Waals surface area contributed by atoms with Gasteiger partial charge in [0.15, 0.2) is 0 Å². The number of aromatic nitrogens is 2. The van der Waals surface area contributed by atoms with E-state index in [1.165, 1.54) is 5.56 Å². The lowest BCUT2D eigenvalue weighted by atomic mass is 10.1. The minimum atomic E-state index is 0.815. The highest BCUT2D eigenvalue weighted by Crippen LogP contribution is 2.32. The van der Waals surface area contributed by atoms with Gasteiger partial charge in [-0.25, -0.2) is 4.98 Å². The highest BCUT2D eigenvalue weighted by atomic mass is 35.5. The Morgan fingerprint density at radius 1 is 1.35 bits per heavy atom. The smallest absolute Gasteiger partial charge is 0.128 e. The van der Waals surface area contributed by atoms with Crippen LogP contribution >= 0.6 is 11.6 Å². The van der Waals surface area contributed by atoms with Crippen LogP contribution in [-0.2, 0) is 19.6 Å². The summed E-state index contributed by atoms with van der Waals surface area (Å²) in [7, 11) is 0. The topological polar surface area (TPSA) is 33.1 Å². The van der Waals surface area contributed by atoms with Crippen LogP contribution < -0.4 is 10.2 Å². The molecule has 0 bridgehead atoms. The van der Waals surface area contributed by atoms with Crippen molar-refractivity contribution in [3.8, 4) is 0 Å². The van der Waals surface area contributed by atoms with Gasteiger partial charge in [0.25, 0.3) is 0 Å². The van der Waals surface area contributed by atoms with E-state index in [0.29, 0.717) is 0 Å². The second kappa shape index (κ2) is 5.85. The molecule has 1 N–H and O–H groups in total.